The van der Waals surface area contributed by atoms with Gasteiger partial charge < -0.3 is 64.2 Å². The van der Waals surface area contributed by atoms with Crippen molar-refractivity contribution < 1.29 is 69.0 Å². The second-order valence-corrected chi connectivity index (χ2v) is 16.6. The maximum absolute atomic E-state index is 12.9. The van der Waals surface area contributed by atoms with Gasteiger partial charge in [0, 0.05) is 13.0 Å². The molecule has 11 atom stereocenters. The molecule has 2 fully saturated rings. The highest BCUT2D eigenvalue weighted by atomic mass is 16.7. The summed E-state index contributed by atoms with van der Waals surface area (Å²) < 4.78 is 34.0. The van der Waals surface area contributed by atoms with E-state index in [4.69, 9.17) is 28.4 Å². The number of hydrogen-bond donors (Lipinski definition) is 7. The molecule has 0 aromatic heterocycles. The van der Waals surface area contributed by atoms with Gasteiger partial charge in [0.1, 0.15) is 54.9 Å². The van der Waals surface area contributed by atoms with Gasteiger partial charge in [0.25, 0.3) is 0 Å². The normalized spacial score (nSPS) is 27.3. The van der Waals surface area contributed by atoms with Crippen molar-refractivity contribution in [2.24, 2.45) is 0 Å². The van der Waals surface area contributed by atoms with Gasteiger partial charge in [-0.05, 0) is 70.6 Å². The maximum atomic E-state index is 12.9. The van der Waals surface area contributed by atoms with E-state index >= 15 is 0 Å². The van der Waals surface area contributed by atoms with Gasteiger partial charge in [-0.1, -0.05) is 137 Å². The summed E-state index contributed by atoms with van der Waals surface area (Å²) in [6, 6.07) is 0. The van der Waals surface area contributed by atoms with E-state index in [1.54, 1.807) is 0 Å². The molecule has 14 heteroatoms. The van der Waals surface area contributed by atoms with E-state index in [1.165, 1.54) is 12.8 Å². The summed E-state index contributed by atoms with van der Waals surface area (Å²) in [6.45, 7) is 3.43. The Morgan fingerprint density at radius 1 is 0.523 bits per heavy atom. The Labute approximate surface area is 389 Å². The third kappa shape index (κ3) is 26.3. The van der Waals surface area contributed by atoms with Crippen molar-refractivity contribution in [1.82, 2.24) is 0 Å². The molecule has 0 spiro atoms. The van der Waals surface area contributed by atoms with Crippen LogP contribution in [0.15, 0.2) is 85.1 Å². The van der Waals surface area contributed by atoms with Crippen molar-refractivity contribution in [2.75, 3.05) is 33.0 Å². The molecular weight excluding hydrogens is 837 g/mol. The van der Waals surface area contributed by atoms with E-state index in [-0.39, 0.29) is 19.6 Å². The number of carbonyl (C=O) groups excluding carboxylic acids is 1. The predicted molar refractivity (Wildman–Crippen MR) is 251 cm³/mol. The highest BCUT2D eigenvalue weighted by Crippen LogP contribution is 2.26. The second-order valence-electron chi connectivity index (χ2n) is 16.6. The summed E-state index contributed by atoms with van der Waals surface area (Å²) in [5, 5.41) is 71.8. The number of rotatable bonds is 36. The van der Waals surface area contributed by atoms with Gasteiger partial charge in [0.05, 0.1) is 26.4 Å². The summed E-state index contributed by atoms with van der Waals surface area (Å²) in [6.07, 6.45) is 31.1. The molecule has 2 saturated heterocycles. The molecule has 0 amide bonds. The molecule has 0 radical (unpaired) electrons. The van der Waals surface area contributed by atoms with Crippen LogP contribution in [0.4, 0.5) is 0 Å². The third-order valence-corrected chi connectivity index (χ3v) is 10.9. The van der Waals surface area contributed by atoms with E-state index in [2.05, 4.69) is 98.9 Å². The van der Waals surface area contributed by atoms with E-state index < -0.39 is 86.7 Å². The van der Waals surface area contributed by atoms with Gasteiger partial charge in [-0.3, -0.25) is 4.79 Å². The van der Waals surface area contributed by atoms with Crippen molar-refractivity contribution in [3.05, 3.63) is 85.1 Å². The molecule has 2 rings (SSSR count). The first-order valence-corrected chi connectivity index (χ1v) is 24.2. The smallest absolute Gasteiger partial charge is 0.306 e. The lowest BCUT2D eigenvalue weighted by Crippen LogP contribution is -2.61. The standard InChI is InChI=1S/C51H84O14/c1-3-5-7-9-11-12-13-14-15-16-17-18-19-20-21-22-23-24-25-26-27-28-29-30-32-34-43(53)63-40(37-60-35-33-31-10-8-6-4-2)38-61-50-49(59)47(57)45(55)42(65-50)39-62-51-48(58)46(56)44(54)41(36-52)64-51/h5,7,11-12,14-15,17-18,20-21,23-24,26-27,40-42,44-52,54-59H,3-4,6,8-10,13,16,19,22,25,28-39H2,1-2H3/b7-5-,12-11-,15-14-,18-17-,21-20-,24-23-,27-26-. The molecule has 2 aliphatic rings. The maximum Gasteiger partial charge on any atom is 0.306 e. The zero-order valence-electron chi connectivity index (χ0n) is 39.2. The Kier molecular flexibility index (Phi) is 34.2. The van der Waals surface area contributed by atoms with E-state index in [1.807, 2.05) is 0 Å². The number of esters is 1. The zero-order valence-corrected chi connectivity index (χ0v) is 39.2. The molecular formula is C51H84O14. The van der Waals surface area contributed by atoms with Crippen LogP contribution in [0.2, 0.25) is 0 Å². The lowest BCUT2D eigenvalue weighted by atomic mass is 9.98. The first-order valence-electron chi connectivity index (χ1n) is 24.2. The van der Waals surface area contributed by atoms with Gasteiger partial charge in [-0.25, -0.2) is 0 Å². The minimum atomic E-state index is -1.71. The van der Waals surface area contributed by atoms with Crippen LogP contribution in [0.5, 0.6) is 0 Å². The molecule has 11 unspecified atom stereocenters. The van der Waals surface area contributed by atoms with Gasteiger partial charge in [0.15, 0.2) is 12.6 Å². The highest BCUT2D eigenvalue weighted by Gasteiger charge is 2.47. The number of carbonyl (C=O) groups is 1. The molecule has 2 heterocycles. The van der Waals surface area contributed by atoms with Crippen molar-refractivity contribution in [3.8, 4) is 0 Å². The number of aliphatic hydroxyl groups is 7. The highest BCUT2D eigenvalue weighted by molar-refractivity contribution is 5.69. The lowest BCUT2D eigenvalue weighted by Gasteiger charge is -2.42. The summed E-state index contributed by atoms with van der Waals surface area (Å²) in [5.74, 6) is -0.415. The van der Waals surface area contributed by atoms with Crippen LogP contribution in [0, 0.1) is 0 Å². The van der Waals surface area contributed by atoms with Crippen LogP contribution < -0.4 is 0 Å². The molecule has 0 aromatic rings. The van der Waals surface area contributed by atoms with Gasteiger partial charge in [-0.2, -0.15) is 0 Å². The number of hydrogen-bond acceptors (Lipinski definition) is 14. The van der Waals surface area contributed by atoms with Crippen LogP contribution in [-0.2, 0) is 33.2 Å². The topological polar surface area (TPSA) is 214 Å². The fraction of sp³-hybridized carbons (Fsp3) is 0.706. The van der Waals surface area contributed by atoms with Crippen LogP contribution in [-0.4, -0.2) is 142 Å². The first kappa shape index (κ1) is 58.3. The Hall–Kier alpha value is -2.83. The summed E-state index contributed by atoms with van der Waals surface area (Å²) >= 11 is 0. The van der Waals surface area contributed by atoms with Crippen LogP contribution in [0.25, 0.3) is 0 Å². The monoisotopic (exact) mass is 921 g/mol. The summed E-state index contributed by atoms with van der Waals surface area (Å²) in [7, 11) is 0. The second kappa shape index (κ2) is 38.2. The lowest BCUT2D eigenvalue weighted by molar-refractivity contribution is -0.332. The SMILES string of the molecule is CC/C=C\C/C=C\C/C=C\C/C=C\C/C=C\C/C=C\C/C=C\CCCCCC(=O)OC(COCCCCCCCC)COC1OC(COC2OC(CO)C(O)C(O)C2O)C(O)C(O)C1O. The minimum absolute atomic E-state index is 0.0416. The third-order valence-electron chi connectivity index (χ3n) is 10.9. The number of unbranched alkanes of at least 4 members (excludes halogenated alkanes) is 8. The number of allylic oxidation sites excluding steroid dienone is 14. The van der Waals surface area contributed by atoms with E-state index in [0.29, 0.717) is 13.0 Å². The van der Waals surface area contributed by atoms with Crippen LogP contribution >= 0.6 is 0 Å². The zero-order chi connectivity index (χ0) is 47.3. The molecule has 2 aliphatic heterocycles. The van der Waals surface area contributed by atoms with E-state index in [0.717, 1.165) is 89.9 Å². The average Bonchev–Trinajstić information content (AvgIpc) is 3.30. The van der Waals surface area contributed by atoms with E-state index in [9.17, 15) is 40.5 Å². The Balaban J connectivity index is 1.71. The van der Waals surface area contributed by atoms with Gasteiger partial charge >= 0.3 is 5.97 Å². The molecule has 7 N–H and O–H groups in total. The fourth-order valence-corrected chi connectivity index (χ4v) is 6.97. The fourth-order valence-electron chi connectivity index (χ4n) is 6.97. The molecule has 372 valence electrons. The number of ether oxygens (including phenoxy) is 6. The Bertz CT molecular complexity index is 1390. The molecule has 65 heavy (non-hydrogen) atoms. The molecule has 0 aliphatic carbocycles. The summed E-state index contributed by atoms with van der Waals surface area (Å²) in [5.41, 5.74) is 0. The number of aliphatic hydroxyl groups excluding tert-OH is 7. The quantitative estimate of drug-likeness (QED) is 0.0203. The van der Waals surface area contributed by atoms with Crippen molar-refractivity contribution in [3.63, 3.8) is 0 Å². The minimum Gasteiger partial charge on any atom is -0.457 e. The largest absolute Gasteiger partial charge is 0.457 e. The molecule has 0 bridgehead atoms. The van der Waals surface area contributed by atoms with Gasteiger partial charge in [-0.15, -0.1) is 0 Å². The van der Waals surface area contributed by atoms with Crippen molar-refractivity contribution in [2.45, 2.75) is 197 Å². The van der Waals surface area contributed by atoms with Crippen LogP contribution in [0.3, 0.4) is 0 Å². The molecule has 0 aromatic carbocycles. The van der Waals surface area contributed by atoms with Crippen molar-refractivity contribution >= 4 is 5.97 Å². The van der Waals surface area contributed by atoms with Crippen molar-refractivity contribution in [1.29, 1.82) is 0 Å². The molecule has 0 saturated carbocycles. The Morgan fingerprint density at radius 3 is 1.55 bits per heavy atom. The van der Waals surface area contributed by atoms with Gasteiger partial charge in [0.2, 0.25) is 0 Å². The van der Waals surface area contributed by atoms with Crippen LogP contribution in [0.1, 0.15) is 129 Å². The molecule has 14 nitrogen and oxygen atoms in total. The summed E-state index contributed by atoms with van der Waals surface area (Å²) in [4.78, 5) is 12.9. The predicted octanol–water partition coefficient (Wildman–Crippen LogP) is 6.51. The first-order chi connectivity index (χ1) is 31.6. The average molecular weight is 921 g/mol. The Morgan fingerprint density at radius 2 is 1.00 bits per heavy atom.